The Hall–Kier alpha value is -1.13. The Morgan fingerprint density at radius 3 is 2.80 bits per heavy atom. The lowest BCUT2D eigenvalue weighted by atomic mass is 9.84. The minimum atomic E-state index is 0.395. The number of nitrogens with zero attached hydrogens (tertiary/aromatic N) is 1. The number of ether oxygens (including phenoxy) is 1. The maximum atomic E-state index is 5.73. The van der Waals surface area contributed by atoms with Crippen molar-refractivity contribution in [3.63, 3.8) is 0 Å². The zero-order valence-corrected chi connectivity index (χ0v) is 13.4. The molecule has 4 heteroatoms. The Bertz CT molecular complexity index is 499. The summed E-state index contributed by atoms with van der Waals surface area (Å²) >= 11 is 5.07. The number of hydrogen-bond donors (Lipinski definition) is 1. The average molecular weight is 292 g/mol. The molecule has 1 aromatic carbocycles. The standard InChI is InChI=1S/C16H24N2OS/c1-16(2)7-4-8-18(11-16)10-13-9-12(15(17)20)5-6-14(13)19-3/h5-6,9H,4,7-8,10-11H2,1-3H3,(H2,17,20). The predicted octanol–water partition coefficient (Wildman–Crippen LogP) is 2.95. The van der Waals surface area contributed by atoms with E-state index in [1.807, 2.05) is 12.1 Å². The molecule has 0 aromatic heterocycles. The van der Waals surface area contributed by atoms with Crippen molar-refractivity contribution in [2.24, 2.45) is 11.1 Å². The molecule has 0 bridgehead atoms. The van der Waals surface area contributed by atoms with Crippen LogP contribution in [0.4, 0.5) is 0 Å². The molecule has 1 aliphatic rings. The fraction of sp³-hybridized carbons (Fsp3) is 0.562. The highest BCUT2D eigenvalue weighted by Crippen LogP contribution is 2.30. The number of thiocarbonyl (C=S) groups is 1. The minimum absolute atomic E-state index is 0.395. The van der Waals surface area contributed by atoms with Crippen LogP contribution in [0.2, 0.25) is 0 Å². The highest BCUT2D eigenvalue weighted by atomic mass is 32.1. The summed E-state index contributed by atoms with van der Waals surface area (Å²) < 4.78 is 5.46. The molecule has 3 nitrogen and oxygen atoms in total. The van der Waals surface area contributed by atoms with E-state index in [9.17, 15) is 0 Å². The molecular weight excluding hydrogens is 268 g/mol. The minimum Gasteiger partial charge on any atom is -0.496 e. The van der Waals surface area contributed by atoms with Crippen molar-refractivity contribution in [1.29, 1.82) is 0 Å². The number of methoxy groups -OCH3 is 1. The molecule has 2 N–H and O–H groups in total. The summed E-state index contributed by atoms with van der Waals surface area (Å²) in [4.78, 5) is 2.93. The lowest BCUT2D eigenvalue weighted by molar-refractivity contribution is 0.111. The van der Waals surface area contributed by atoms with Crippen LogP contribution >= 0.6 is 12.2 Å². The topological polar surface area (TPSA) is 38.5 Å². The largest absolute Gasteiger partial charge is 0.496 e. The molecule has 1 aliphatic heterocycles. The van der Waals surface area contributed by atoms with Gasteiger partial charge in [0.2, 0.25) is 0 Å². The highest BCUT2D eigenvalue weighted by molar-refractivity contribution is 7.80. The van der Waals surface area contributed by atoms with Gasteiger partial charge in [-0.25, -0.2) is 0 Å². The van der Waals surface area contributed by atoms with E-state index in [-0.39, 0.29) is 0 Å². The second kappa shape index (κ2) is 6.10. The maximum absolute atomic E-state index is 5.73. The Labute approximate surface area is 127 Å². The van der Waals surface area contributed by atoms with E-state index in [0.29, 0.717) is 10.4 Å². The predicted molar refractivity (Wildman–Crippen MR) is 87.2 cm³/mol. The molecule has 1 heterocycles. The first kappa shape index (κ1) is 15.3. The van der Waals surface area contributed by atoms with Crippen LogP contribution in [-0.2, 0) is 6.54 Å². The van der Waals surface area contributed by atoms with Gasteiger partial charge in [0.1, 0.15) is 10.7 Å². The lowest BCUT2D eigenvalue weighted by Gasteiger charge is -2.38. The molecule has 1 aromatic rings. The van der Waals surface area contributed by atoms with E-state index in [4.69, 9.17) is 22.7 Å². The van der Waals surface area contributed by atoms with E-state index in [2.05, 4.69) is 24.8 Å². The fourth-order valence-electron chi connectivity index (χ4n) is 2.98. The maximum Gasteiger partial charge on any atom is 0.123 e. The van der Waals surface area contributed by atoms with Gasteiger partial charge in [-0.15, -0.1) is 0 Å². The molecule has 2 rings (SSSR count). The van der Waals surface area contributed by atoms with Gasteiger partial charge in [-0.1, -0.05) is 26.1 Å². The first-order valence-electron chi connectivity index (χ1n) is 7.10. The Kier molecular flexibility index (Phi) is 4.66. The third kappa shape index (κ3) is 3.70. The molecule has 0 amide bonds. The summed E-state index contributed by atoms with van der Waals surface area (Å²) in [7, 11) is 1.71. The molecule has 0 spiro atoms. The molecule has 1 fully saturated rings. The number of rotatable bonds is 4. The molecule has 20 heavy (non-hydrogen) atoms. The molecule has 0 aliphatic carbocycles. The molecule has 1 saturated heterocycles. The zero-order chi connectivity index (χ0) is 14.8. The van der Waals surface area contributed by atoms with Crippen molar-refractivity contribution < 1.29 is 4.74 Å². The van der Waals surface area contributed by atoms with Gasteiger partial charge in [-0.05, 0) is 43.0 Å². The molecule has 0 unspecified atom stereocenters. The van der Waals surface area contributed by atoms with Crippen molar-refractivity contribution in [2.45, 2.75) is 33.2 Å². The van der Waals surface area contributed by atoms with Gasteiger partial charge < -0.3 is 10.5 Å². The Morgan fingerprint density at radius 1 is 1.45 bits per heavy atom. The van der Waals surface area contributed by atoms with Gasteiger partial charge in [-0.2, -0.15) is 0 Å². The van der Waals surface area contributed by atoms with Crippen LogP contribution in [0.5, 0.6) is 5.75 Å². The van der Waals surface area contributed by atoms with Gasteiger partial charge in [-0.3, -0.25) is 4.90 Å². The van der Waals surface area contributed by atoms with Crippen molar-refractivity contribution in [2.75, 3.05) is 20.2 Å². The molecule has 0 radical (unpaired) electrons. The van der Waals surface area contributed by atoms with Crippen LogP contribution in [0.1, 0.15) is 37.8 Å². The van der Waals surface area contributed by atoms with Crippen LogP contribution in [-0.4, -0.2) is 30.1 Å². The summed E-state index contributed by atoms with van der Waals surface area (Å²) in [5.41, 5.74) is 8.19. The third-order valence-electron chi connectivity index (χ3n) is 3.94. The normalized spacial score (nSPS) is 18.8. The van der Waals surface area contributed by atoms with Gasteiger partial charge in [0.25, 0.3) is 0 Å². The molecule has 110 valence electrons. The van der Waals surface area contributed by atoms with Gasteiger partial charge >= 0.3 is 0 Å². The second-order valence-corrected chi connectivity index (χ2v) is 6.81. The number of benzene rings is 1. The smallest absolute Gasteiger partial charge is 0.123 e. The van der Waals surface area contributed by atoms with Crippen molar-refractivity contribution >= 4 is 17.2 Å². The Balaban J connectivity index is 2.18. The first-order valence-corrected chi connectivity index (χ1v) is 7.51. The van der Waals surface area contributed by atoms with E-state index in [1.165, 1.54) is 12.8 Å². The number of likely N-dealkylation sites (tertiary alicyclic amines) is 1. The van der Waals surface area contributed by atoms with Crippen LogP contribution in [0.3, 0.4) is 0 Å². The summed E-state index contributed by atoms with van der Waals surface area (Å²) in [5.74, 6) is 0.911. The number of hydrogen-bond acceptors (Lipinski definition) is 3. The van der Waals surface area contributed by atoms with Gasteiger partial charge in [0.05, 0.1) is 7.11 Å². The average Bonchev–Trinajstić information content (AvgIpc) is 2.37. The SMILES string of the molecule is COc1ccc(C(N)=S)cc1CN1CCCC(C)(C)C1. The van der Waals surface area contributed by atoms with E-state index < -0.39 is 0 Å². The van der Waals surface area contributed by atoms with Gasteiger partial charge in [0, 0.05) is 24.2 Å². The van der Waals surface area contributed by atoms with E-state index in [1.54, 1.807) is 7.11 Å². The molecule has 0 atom stereocenters. The van der Waals surface area contributed by atoms with E-state index >= 15 is 0 Å². The number of piperidine rings is 1. The third-order valence-corrected chi connectivity index (χ3v) is 4.17. The van der Waals surface area contributed by atoms with Crippen LogP contribution in [0.15, 0.2) is 18.2 Å². The quantitative estimate of drug-likeness (QED) is 0.866. The molecular formula is C16H24N2OS. The summed E-state index contributed by atoms with van der Waals surface area (Å²) in [6.45, 7) is 7.82. The highest BCUT2D eigenvalue weighted by Gasteiger charge is 2.26. The van der Waals surface area contributed by atoms with Crippen LogP contribution < -0.4 is 10.5 Å². The Morgan fingerprint density at radius 2 is 2.20 bits per heavy atom. The van der Waals surface area contributed by atoms with Gasteiger partial charge in [0.15, 0.2) is 0 Å². The molecule has 0 saturated carbocycles. The first-order chi connectivity index (χ1) is 9.41. The fourth-order valence-corrected chi connectivity index (χ4v) is 3.10. The van der Waals surface area contributed by atoms with Crippen LogP contribution in [0, 0.1) is 5.41 Å². The van der Waals surface area contributed by atoms with Crippen molar-refractivity contribution in [1.82, 2.24) is 4.90 Å². The zero-order valence-electron chi connectivity index (χ0n) is 12.6. The lowest BCUT2D eigenvalue weighted by Crippen LogP contribution is -2.39. The van der Waals surface area contributed by atoms with Crippen molar-refractivity contribution in [3.05, 3.63) is 29.3 Å². The van der Waals surface area contributed by atoms with E-state index in [0.717, 1.165) is 36.5 Å². The summed E-state index contributed by atoms with van der Waals surface area (Å²) in [6.07, 6.45) is 2.55. The summed E-state index contributed by atoms with van der Waals surface area (Å²) in [5, 5.41) is 0. The second-order valence-electron chi connectivity index (χ2n) is 6.37. The number of nitrogens with two attached hydrogens (primary N) is 1. The summed E-state index contributed by atoms with van der Waals surface area (Å²) in [6, 6.07) is 5.94. The monoisotopic (exact) mass is 292 g/mol. The van der Waals surface area contributed by atoms with Crippen molar-refractivity contribution in [3.8, 4) is 5.75 Å². The van der Waals surface area contributed by atoms with Crippen LogP contribution in [0.25, 0.3) is 0 Å².